The number of halogens is 2. The van der Waals surface area contributed by atoms with Gasteiger partial charge >= 0.3 is 0 Å². The van der Waals surface area contributed by atoms with Gasteiger partial charge in [0.2, 0.25) is 0 Å². The van der Waals surface area contributed by atoms with Crippen molar-refractivity contribution in [3.63, 3.8) is 0 Å². The van der Waals surface area contributed by atoms with Crippen molar-refractivity contribution in [1.82, 2.24) is 0 Å². The number of amides is 1. The van der Waals surface area contributed by atoms with Crippen LogP contribution in [0.2, 0.25) is 10.0 Å². The third kappa shape index (κ3) is 4.35. The number of hydrogen-bond acceptors (Lipinski definition) is 1. The zero-order chi connectivity index (χ0) is 15.6. The molecule has 1 aromatic rings. The smallest absolute Gasteiger partial charge is 0.282 e. The molecule has 1 aliphatic heterocycles. The molecule has 1 saturated heterocycles. The number of carbonyl (C=O) groups is 1. The van der Waals surface area contributed by atoms with E-state index in [1.165, 1.54) is 11.3 Å². The molecule has 3 atom stereocenters. The predicted octanol–water partition coefficient (Wildman–Crippen LogP) is 2.88. The van der Waals surface area contributed by atoms with Crippen LogP contribution in [0.3, 0.4) is 0 Å². The molecule has 116 valence electrons. The Balaban J connectivity index is 2.02. The molecule has 1 amide bonds. The fraction of sp³-hybridized carbons (Fsp3) is 0.562. The zero-order valence-electron chi connectivity index (χ0n) is 12.7. The van der Waals surface area contributed by atoms with Gasteiger partial charge in [-0.25, -0.2) is 0 Å². The summed E-state index contributed by atoms with van der Waals surface area (Å²) in [6.45, 7) is 8.60. The Kier molecular flexibility index (Phi) is 5.53. The SMILES string of the molecule is C[C@@H]1C[C@@H](C)C[NH+]([C@@H](C)C(=O)Nc2ccc(Cl)cc2Cl)C1. The van der Waals surface area contributed by atoms with E-state index in [-0.39, 0.29) is 11.9 Å². The van der Waals surface area contributed by atoms with Crippen LogP contribution in [0.4, 0.5) is 5.69 Å². The molecule has 3 nitrogen and oxygen atoms in total. The van der Waals surface area contributed by atoms with Gasteiger partial charge in [-0.1, -0.05) is 37.0 Å². The Morgan fingerprint density at radius 1 is 1.29 bits per heavy atom. The predicted molar refractivity (Wildman–Crippen MR) is 88.2 cm³/mol. The summed E-state index contributed by atoms with van der Waals surface area (Å²) in [6, 6.07) is 5.03. The highest BCUT2D eigenvalue weighted by molar-refractivity contribution is 6.36. The summed E-state index contributed by atoms with van der Waals surface area (Å²) in [5.74, 6) is 1.34. The van der Waals surface area contributed by atoms with Crippen molar-refractivity contribution in [2.75, 3.05) is 18.4 Å². The molecule has 2 N–H and O–H groups in total. The Morgan fingerprint density at radius 3 is 2.48 bits per heavy atom. The van der Waals surface area contributed by atoms with Gasteiger partial charge in [-0.3, -0.25) is 4.79 Å². The maximum absolute atomic E-state index is 12.4. The van der Waals surface area contributed by atoms with Gasteiger partial charge in [0.1, 0.15) is 0 Å². The Bertz CT molecular complexity index is 511. The van der Waals surface area contributed by atoms with Gasteiger partial charge in [0, 0.05) is 16.9 Å². The molecule has 0 radical (unpaired) electrons. The summed E-state index contributed by atoms with van der Waals surface area (Å²) in [4.78, 5) is 13.8. The van der Waals surface area contributed by atoms with Gasteiger partial charge < -0.3 is 10.2 Å². The fourth-order valence-electron chi connectivity index (χ4n) is 3.20. The van der Waals surface area contributed by atoms with E-state index in [9.17, 15) is 4.79 Å². The normalized spacial score (nSPS) is 27.2. The minimum Gasteiger partial charge on any atom is -0.324 e. The zero-order valence-corrected chi connectivity index (χ0v) is 14.3. The number of hydrogen-bond donors (Lipinski definition) is 2. The Hall–Kier alpha value is -0.770. The average Bonchev–Trinajstić information content (AvgIpc) is 2.40. The van der Waals surface area contributed by atoms with Gasteiger partial charge in [-0.05, 0) is 31.5 Å². The quantitative estimate of drug-likeness (QED) is 0.878. The van der Waals surface area contributed by atoms with Crippen LogP contribution in [-0.4, -0.2) is 25.0 Å². The number of rotatable bonds is 3. The van der Waals surface area contributed by atoms with Crippen LogP contribution in [0.1, 0.15) is 27.2 Å². The van der Waals surface area contributed by atoms with Crippen molar-refractivity contribution >= 4 is 34.8 Å². The number of carbonyl (C=O) groups excluding carboxylic acids is 1. The van der Waals surface area contributed by atoms with Crippen LogP contribution in [0.5, 0.6) is 0 Å². The van der Waals surface area contributed by atoms with E-state index >= 15 is 0 Å². The molecule has 0 aromatic heterocycles. The average molecular weight is 330 g/mol. The summed E-state index contributed by atoms with van der Waals surface area (Å²) in [5.41, 5.74) is 0.621. The second-order valence-electron chi connectivity index (χ2n) is 6.35. The third-order valence-electron chi connectivity index (χ3n) is 4.22. The Morgan fingerprint density at radius 2 is 1.90 bits per heavy atom. The van der Waals surface area contributed by atoms with Crippen LogP contribution in [0, 0.1) is 11.8 Å². The highest BCUT2D eigenvalue weighted by atomic mass is 35.5. The molecule has 21 heavy (non-hydrogen) atoms. The second-order valence-corrected chi connectivity index (χ2v) is 7.19. The largest absolute Gasteiger partial charge is 0.324 e. The van der Waals surface area contributed by atoms with E-state index in [1.807, 2.05) is 6.92 Å². The minimum absolute atomic E-state index is 0.00974. The first-order valence-corrected chi connectivity index (χ1v) is 8.23. The third-order valence-corrected chi connectivity index (χ3v) is 4.77. The van der Waals surface area contributed by atoms with E-state index in [0.717, 1.165) is 13.1 Å². The minimum atomic E-state index is -0.0815. The van der Waals surface area contributed by atoms with Crippen LogP contribution >= 0.6 is 23.2 Å². The van der Waals surface area contributed by atoms with Crippen molar-refractivity contribution in [3.05, 3.63) is 28.2 Å². The summed E-state index contributed by atoms with van der Waals surface area (Å²) in [6.07, 6.45) is 1.25. The molecule has 5 heteroatoms. The lowest BCUT2D eigenvalue weighted by Crippen LogP contribution is -3.18. The maximum Gasteiger partial charge on any atom is 0.282 e. The van der Waals surface area contributed by atoms with Crippen molar-refractivity contribution in [3.8, 4) is 0 Å². The lowest BCUT2D eigenvalue weighted by molar-refractivity contribution is -0.925. The first kappa shape index (κ1) is 16.6. The van der Waals surface area contributed by atoms with E-state index < -0.39 is 0 Å². The van der Waals surface area contributed by atoms with Crippen molar-refractivity contribution in [2.45, 2.75) is 33.2 Å². The first-order valence-electron chi connectivity index (χ1n) is 7.47. The molecule has 0 saturated carbocycles. The number of quaternary nitrogens is 1. The molecule has 2 rings (SSSR count). The summed E-state index contributed by atoms with van der Waals surface area (Å²) in [5, 5.41) is 3.95. The van der Waals surface area contributed by atoms with Crippen LogP contribution < -0.4 is 10.2 Å². The number of benzene rings is 1. The molecule has 1 aliphatic rings. The first-order chi connectivity index (χ1) is 9.86. The van der Waals surface area contributed by atoms with Gasteiger partial charge in [0.25, 0.3) is 5.91 Å². The fourth-order valence-corrected chi connectivity index (χ4v) is 3.66. The molecule has 0 bridgehead atoms. The topological polar surface area (TPSA) is 33.5 Å². The monoisotopic (exact) mass is 329 g/mol. The van der Waals surface area contributed by atoms with Crippen molar-refractivity contribution in [2.24, 2.45) is 11.8 Å². The Labute approximate surface area is 136 Å². The van der Waals surface area contributed by atoms with Crippen molar-refractivity contribution in [1.29, 1.82) is 0 Å². The van der Waals surface area contributed by atoms with E-state index in [4.69, 9.17) is 23.2 Å². The molecule has 1 fully saturated rings. The number of likely N-dealkylation sites (tertiary alicyclic amines) is 1. The summed E-state index contributed by atoms with van der Waals surface area (Å²) < 4.78 is 0. The molecular formula is C16H23Cl2N2O+. The molecule has 0 unspecified atom stereocenters. The lowest BCUT2D eigenvalue weighted by atomic mass is 9.91. The van der Waals surface area contributed by atoms with E-state index in [0.29, 0.717) is 27.6 Å². The lowest BCUT2D eigenvalue weighted by Gasteiger charge is -2.35. The number of anilines is 1. The molecule has 1 heterocycles. The second kappa shape index (κ2) is 6.99. The van der Waals surface area contributed by atoms with Gasteiger partial charge in [-0.2, -0.15) is 0 Å². The number of piperidine rings is 1. The van der Waals surface area contributed by atoms with E-state index in [1.54, 1.807) is 18.2 Å². The maximum atomic E-state index is 12.4. The highest BCUT2D eigenvalue weighted by Crippen LogP contribution is 2.25. The van der Waals surface area contributed by atoms with Gasteiger partial charge in [0.15, 0.2) is 6.04 Å². The van der Waals surface area contributed by atoms with Crippen LogP contribution in [0.25, 0.3) is 0 Å². The standard InChI is InChI=1S/C16H22Cl2N2O/c1-10-6-11(2)9-20(8-10)12(3)16(21)19-15-5-4-13(17)7-14(15)18/h4-5,7,10-12H,6,8-9H2,1-3H3,(H,19,21)/p+1/t10-,11-,12+/m1/s1. The van der Waals surface area contributed by atoms with Crippen LogP contribution in [0.15, 0.2) is 18.2 Å². The molecular weight excluding hydrogens is 307 g/mol. The molecule has 0 spiro atoms. The van der Waals surface area contributed by atoms with E-state index in [2.05, 4.69) is 19.2 Å². The summed E-state index contributed by atoms with van der Waals surface area (Å²) >= 11 is 12.0. The van der Waals surface area contributed by atoms with Gasteiger partial charge in [0.05, 0.1) is 23.8 Å². The molecule has 0 aliphatic carbocycles. The molecule has 1 aromatic carbocycles. The highest BCUT2D eigenvalue weighted by Gasteiger charge is 2.32. The number of nitrogens with one attached hydrogen (secondary N) is 2. The summed E-state index contributed by atoms with van der Waals surface area (Å²) in [7, 11) is 0. The van der Waals surface area contributed by atoms with Crippen LogP contribution in [-0.2, 0) is 4.79 Å². The van der Waals surface area contributed by atoms with Gasteiger partial charge in [-0.15, -0.1) is 0 Å². The van der Waals surface area contributed by atoms with Crippen molar-refractivity contribution < 1.29 is 9.69 Å².